The smallest absolute Gasteiger partial charge is 0.0555 e. The molecule has 2 heteroatoms. The van der Waals surface area contributed by atoms with Crippen molar-refractivity contribution in [2.45, 2.75) is 0 Å². The molecule has 0 radical (unpaired) electrons. The van der Waals surface area contributed by atoms with Gasteiger partial charge in [-0.1, -0.05) is 176 Å². The maximum absolute atomic E-state index is 2.47. The van der Waals surface area contributed by atoms with Crippen molar-refractivity contribution in [3.05, 3.63) is 224 Å². The van der Waals surface area contributed by atoms with E-state index in [9.17, 15) is 0 Å². The monoisotopic (exact) mass is 755 g/mol. The first-order chi connectivity index (χ1) is 28.8. The van der Waals surface area contributed by atoms with Crippen LogP contribution in [-0.2, 0) is 0 Å². The Morgan fingerprint density at radius 2 is 0.862 bits per heavy atom. The highest BCUT2D eigenvalue weighted by molar-refractivity contribution is 7.26. The maximum Gasteiger partial charge on any atom is 0.0555 e. The first-order valence-electron chi connectivity index (χ1n) is 19.8. The van der Waals surface area contributed by atoms with E-state index in [1.165, 1.54) is 91.9 Å². The third-order valence-electron chi connectivity index (χ3n) is 11.4. The lowest BCUT2D eigenvalue weighted by Crippen LogP contribution is -2.10. The molecule has 0 aliphatic heterocycles. The van der Waals surface area contributed by atoms with E-state index in [4.69, 9.17) is 0 Å². The van der Waals surface area contributed by atoms with Gasteiger partial charge in [0, 0.05) is 31.5 Å². The second-order valence-corrected chi connectivity index (χ2v) is 16.0. The van der Waals surface area contributed by atoms with Gasteiger partial charge in [-0.25, -0.2) is 0 Å². The van der Waals surface area contributed by atoms with E-state index < -0.39 is 0 Å². The molecule has 0 aliphatic carbocycles. The summed E-state index contributed by atoms with van der Waals surface area (Å²) in [6.07, 6.45) is 0. The molecule has 10 aromatic carbocycles. The van der Waals surface area contributed by atoms with Crippen molar-refractivity contribution < 1.29 is 0 Å². The Hall–Kier alpha value is -7.26. The third-order valence-corrected chi connectivity index (χ3v) is 12.6. The van der Waals surface area contributed by atoms with Crippen LogP contribution in [0.25, 0.3) is 86.2 Å². The van der Waals surface area contributed by atoms with Gasteiger partial charge in [-0.05, 0) is 115 Å². The Labute approximate surface area is 342 Å². The lowest BCUT2D eigenvalue weighted by molar-refractivity contribution is 1.30. The molecule has 0 aliphatic rings. The van der Waals surface area contributed by atoms with Gasteiger partial charge in [-0.15, -0.1) is 11.3 Å². The number of benzene rings is 10. The predicted octanol–water partition coefficient (Wildman–Crippen LogP) is 16.5. The molecule has 0 N–H and O–H groups in total. The quantitative estimate of drug-likeness (QED) is 0.157. The van der Waals surface area contributed by atoms with Crippen molar-refractivity contribution >= 4 is 70.1 Å². The molecule has 0 saturated heterocycles. The molecule has 0 bridgehead atoms. The minimum atomic E-state index is 1.11. The fraction of sp³-hybridized carbons (Fsp3) is 0. The summed E-state index contributed by atoms with van der Waals surface area (Å²) >= 11 is 1.87. The normalized spacial score (nSPS) is 11.4. The molecule has 0 spiro atoms. The van der Waals surface area contributed by atoms with Crippen molar-refractivity contribution in [2.24, 2.45) is 0 Å². The summed E-state index contributed by atoms with van der Waals surface area (Å²) in [6, 6.07) is 81.9. The summed E-state index contributed by atoms with van der Waals surface area (Å²) in [6.45, 7) is 0. The summed E-state index contributed by atoms with van der Waals surface area (Å²) in [5.41, 5.74) is 13.1. The molecule has 272 valence electrons. The van der Waals surface area contributed by atoms with Crippen LogP contribution in [0.3, 0.4) is 0 Å². The van der Waals surface area contributed by atoms with Crippen LogP contribution in [0.1, 0.15) is 0 Å². The minimum absolute atomic E-state index is 1.11. The van der Waals surface area contributed by atoms with E-state index in [0.717, 1.165) is 11.4 Å². The van der Waals surface area contributed by atoms with Gasteiger partial charge in [-0.2, -0.15) is 0 Å². The van der Waals surface area contributed by atoms with Gasteiger partial charge in [0.25, 0.3) is 0 Å². The zero-order valence-electron chi connectivity index (χ0n) is 31.7. The van der Waals surface area contributed by atoms with E-state index in [1.54, 1.807) is 0 Å². The largest absolute Gasteiger partial charge is 0.310 e. The molecule has 1 aromatic heterocycles. The molecule has 1 heterocycles. The zero-order chi connectivity index (χ0) is 38.4. The average Bonchev–Trinajstić information content (AvgIpc) is 3.70. The number of fused-ring (bicyclic) bond motifs is 6. The van der Waals surface area contributed by atoms with E-state index in [0.29, 0.717) is 0 Å². The lowest BCUT2D eigenvalue weighted by Gasteiger charge is -2.27. The second kappa shape index (κ2) is 14.4. The Morgan fingerprint density at radius 1 is 0.293 bits per heavy atom. The topological polar surface area (TPSA) is 3.24 Å². The Balaban J connectivity index is 1.11. The van der Waals surface area contributed by atoms with Crippen LogP contribution in [0.4, 0.5) is 17.1 Å². The van der Waals surface area contributed by atoms with Gasteiger partial charge in [0.05, 0.1) is 5.69 Å². The highest BCUT2D eigenvalue weighted by atomic mass is 32.1. The number of hydrogen-bond acceptors (Lipinski definition) is 2. The molecule has 11 aromatic rings. The summed E-state index contributed by atoms with van der Waals surface area (Å²) in [7, 11) is 0. The first-order valence-corrected chi connectivity index (χ1v) is 20.7. The van der Waals surface area contributed by atoms with Crippen molar-refractivity contribution in [3.63, 3.8) is 0 Å². The number of thiophene rings is 1. The minimum Gasteiger partial charge on any atom is -0.310 e. The van der Waals surface area contributed by atoms with Crippen LogP contribution in [0, 0.1) is 0 Å². The van der Waals surface area contributed by atoms with Crippen LogP contribution < -0.4 is 4.90 Å². The van der Waals surface area contributed by atoms with Gasteiger partial charge in [-0.3, -0.25) is 0 Å². The van der Waals surface area contributed by atoms with Crippen LogP contribution >= 0.6 is 11.3 Å². The Bertz CT molecular complexity index is 3270. The standard InChI is InChI=1S/C56H37NS/c1-3-14-38(15-4-1)43-21-9-22-44(36-43)39-30-33-46(34-31-39)57(51-28-13-29-52-56(51)55-49-25-8-7-18-41(49)32-35-53(55)58-52)47-24-10-23-45(37-47)50-27-12-20-42-19-11-26-48(54(42)50)40-16-5-2-6-17-40/h1-37H. The van der Waals surface area contributed by atoms with Crippen LogP contribution in [-0.4, -0.2) is 0 Å². The highest BCUT2D eigenvalue weighted by Crippen LogP contribution is 2.48. The van der Waals surface area contributed by atoms with E-state index >= 15 is 0 Å². The van der Waals surface area contributed by atoms with Gasteiger partial charge in [0.15, 0.2) is 0 Å². The summed E-state index contributed by atoms with van der Waals surface area (Å²) < 4.78 is 2.58. The molecular formula is C56H37NS. The number of rotatable bonds is 7. The number of anilines is 3. The van der Waals surface area contributed by atoms with Gasteiger partial charge in [0.1, 0.15) is 0 Å². The molecule has 58 heavy (non-hydrogen) atoms. The maximum atomic E-state index is 2.47. The van der Waals surface area contributed by atoms with Crippen LogP contribution in [0.15, 0.2) is 224 Å². The fourth-order valence-electron chi connectivity index (χ4n) is 8.75. The average molecular weight is 756 g/mol. The lowest BCUT2D eigenvalue weighted by atomic mass is 9.91. The molecule has 0 amide bonds. The summed E-state index contributed by atoms with van der Waals surface area (Å²) in [5, 5.41) is 7.62. The summed E-state index contributed by atoms with van der Waals surface area (Å²) in [5.74, 6) is 0. The number of nitrogens with zero attached hydrogens (tertiary/aromatic N) is 1. The SMILES string of the molecule is c1ccc(-c2cccc(-c3ccc(N(c4cccc(-c5cccc6cccc(-c7ccccc7)c56)c4)c4cccc5sc6ccc7ccccc7c6c45)cc3)c2)cc1. The van der Waals surface area contributed by atoms with Gasteiger partial charge >= 0.3 is 0 Å². The van der Waals surface area contributed by atoms with E-state index in [-0.39, 0.29) is 0 Å². The fourth-order valence-corrected chi connectivity index (χ4v) is 9.89. The molecule has 0 atom stereocenters. The van der Waals surface area contributed by atoms with Crippen molar-refractivity contribution in [1.29, 1.82) is 0 Å². The van der Waals surface area contributed by atoms with E-state index in [1.807, 2.05) is 11.3 Å². The van der Waals surface area contributed by atoms with E-state index in [2.05, 4.69) is 229 Å². The van der Waals surface area contributed by atoms with Crippen molar-refractivity contribution in [2.75, 3.05) is 4.90 Å². The molecular weight excluding hydrogens is 719 g/mol. The Morgan fingerprint density at radius 3 is 1.64 bits per heavy atom. The number of hydrogen-bond donors (Lipinski definition) is 0. The van der Waals surface area contributed by atoms with Crippen LogP contribution in [0.2, 0.25) is 0 Å². The second-order valence-electron chi connectivity index (χ2n) is 14.9. The highest BCUT2D eigenvalue weighted by Gasteiger charge is 2.21. The van der Waals surface area contributed by atoms with Gasteiger partial charge < -0.3 is 4.90 Å². The predicted molar refractivity (Wildman–Crippen MR) is 251 cm³/mol. The van der Waals surface area contributed by atoms with Crippen molar-refractivity contribution in [1.82, 2.24) is 0 Å². The third kappa shape index (κ3) is 5.94. The van der Waals surface area contributed by atoms with Crippen LogP contribution in [0.5, 0.6) is 0 Å². The zero-order valence-corrected chi connectivity index (χ0v) is 32.5. The van der Waals surface area contributed by atoms with Crippen molar-refractivity contribution in [3.8, 4) is 44.5 Å². The first kappa shape index (κ1) is 34.0. The Kier molecular flexibility index (Phi) is 8.42. The molecule has 0 saturated carbocycles. The molecule has 1 nitrogen and oxygen atoms in total. The van der Waals surface area contributed by atoms with Gasteiger partial charge in [0.2, 0.25) is 0 Å². The molecule has 0 fully saturated rings. The summed E-state index contributed by atoms with van der Waals surface area (Å²) in [4.78, 5) is 2.47. The molecule has 11 rings (SSSR count). The molecule has 0 unspecified atom stereocenters.